The third-order valence-electron chi connectivity index (χ3n) is 2.25. The molecule has 0 saturated carbocycles. The highest BCUT2D eigenvalue weighted by molar-refractivity contribution is 6.29. The fourth-order valence-electron chi connectivity index (χ4n) is 1.52. The molecule has 4 nitrogen and oxygen atoms in total. The van der Waals surface area contributed by atoms with E-state index >= 15 is 0 Å². The minimum Gasteiger partial charge on any atom is -0.306 e. The third kappa shape index (κ3) is 2.93. The molecule has 5 heteroatoms. The molecule has 0 aliphatic heterocycles. The maximum Gasteiger partial charge on any atom is 0.258 e. The van der Waals surface area contributed by atoms with Crippen LogP contribution in [-0.2, 0) is 6.54 Å². The van der Waals surface area contributed by atoms with Gasteiger partial charge in [0.15, 0.2) is 0 Å². The zero-order chi connectivity index (χ0) is 12.3. The van der Waals surface area contributed by atoms with Crippen molar-refractivity contribution in [2.75, 3.05) is 6.54 Å². The van der Waals surface area contributed by atoms with Gasteiger partial charge in [0.1, 0.15) is 5.65 Å². The van der Waals surface area contributed by atoms with Gasteiger partial charge in [0.05, 0.1) is 5.69 Å². The Labute approximate surface area is 104 Å². The molecule has 0 unspecified atom stereocenters. The number of nitrogens with zero attached hydrogens (tertiary/aromatic N) is 2. The van der Waals surface area contributed by atoms with Gasteiger partial charge in [-0.1, -0.05) is 24.2 Å². The first-order valence-electron chi connectivity index (χ1n) is 5.18. The van der Waals surface area contributed by atoms with Gasteiger partial charge in [-0.2, -0.15) is 0 Å². The number of halogens is 1. The standard InChI is InChI=1S/C12H12ClN3O/c1-9(13)7-14-8-10-6-12(17)16-5-3-2-4-11(16)15-10/h2-6,14H,1,7-8H2. The highest BCUT2D eigenvalue weighted by atomic mass is 35.5. The summed E-state index contributed by atoms with van der Waals surface area (Å²) in [5.41, 5.74) is 1.25. The van der Waals surface area contributed by atoms with Crippen molar-refractivity contribution < 1.29 is 0 Å². The molecule has 0 fully saturated rings. The first-order chi connectivity index (χ1) is 8.16. The van der Waals surface area contributed by atoms with E-state index in [4.69, 9.17) is 11.6 Å². The highest BCUT2D eigenvalue weighted by Gasteiger charge is 2.01. The SMILES string of the molecule is C=C(Cl)CNCc1cc(=O)n2ccccc2n1. The Hall–Kier alpha value is -1.65. The zero-order valence-electron chi connectivity index (χ0n) is 9.19. The Morgan fingerprint density at radius 2 is 2.35 bits per heavy atom. The van der Waals surface area contributed by atoms with Crippen molar-refractivity contribution >= 4 is 17.2 Å². The van der Waals surface area contributed by atoms with Gasteiger partial charge in [-0.15, -0.1) is 0 Å². The van der Waals surface area contributed by atoms with Crippen molar-refractivity contribution in [3.05, 3.63) is 58.1 Å². The molecule has 2 aromatic heterocycles. The fraction of sp³-hybridized carbons (Fsp3) is 0.167. The summed E-state index contributed by atoms with van der Waals surface area (Å²) in [6.45, 7) is 4.56. The van der Waals surface area contributed by atoms with Crippen LogP contribution in [-0.4, -0.2) is 15.9 Å². The molecule has 2 rings (SSSR count). The molecule has 0 aliphatic carbocycles. The van der Waals surface area contributed by atoms with Crippen molar-refractivity contribution in [3.8, 4) is 0 Å². The Morgan fingerprint density at radius 1 is 1.53 bits per heavy atom. The topological polar surface area (TPSA) is 46.4 Å². The van der Waals surface area contributed by atoms with Crippen molar-refractivity contribution in [2.24, 2.45) is 0 Å². The van der Waals surface area contributed by atoms with Crippen LogP contribution in [0.25, 0.3) is 5.65 Å². The van der Waals surface area contributed by atoms with Crippen LogP contribution >= 0.6 is 11.6 Å². The molecule has 2 aromatic rings. The molecule has 88 valence electrons. The number of nitrogens with one attached hydrogen (secondary N) is 1. The molecule has 0 spiro atoms. The predicted octanol–water partition coefficient (Wildman–Crippen LogP) is 1.54. The van der Waals surface area contributed by atoms with Crippen LogP contribution in [0.5, 0.6) is 0 Å². The lowest BCUT2D eigenvalue weighted by molar-refractivity contribution is 0.733. The van der Waals surface area contributed by atoms with E-state index in [1.54, 1.807) is 18.3 Å². The van der Waals surface area contributed by atoms with Crippen molar-refractivity contribution in [3.63, 3.8) is 0 Å². The van der Waals surface area contributed by atoms with Gasteiger partial charge in [0.25, 0.3) is 5.56 Å². The number of pyridine rings is 1. The first-order valence-corrected chi connectivity index (χ1v) is 5.56. The summed E-state index contributed by atoms with van der Waals surface area (Å²) >= 11 is 5.63. The van der Waals surface area contributed by atoms with E-state index in [9.17, 15) is 4.79 Å². The van der Waals surface area contributed by atoms with Gasteiger partial charge in [-0.25, -0.2) is 4.98 Å². The van der Waals surface area contributed by atoms with Crippen molar-refractivity contribution in [1.82, 2.24) is 14.7 Å². The Morgan fingerprint density at radius 3 is 3.12 bits per heavy atom. The number of rotatable bonds is 4. The summed E-state index contributed by atoms with van der Waals surface area (Å²) in [4.78, 5) is 16.1. The average Bonchev–Trinajstić information content (AvgIpc) is 2.28. The van der Waals surface area contributed by atoms with E-state index in [2.05, 4.69) is 16.9 Å². The Bertz CT molecular complexity index is 606. The maximum absolute atomic E-state index is 11.7. The maximum atomic E-state index is 11.7. The average molecular weight is 250 g/mol. The van der Waals surface area contributed by atoms with E-state index in [1.165, 1.54) is 10.5 Å². The largest absolute Gasteiger partial charge is 0.306 e. The van der Waals surface area contributed by atoms with E-state index in [1.807, 2.05) is 6.07 Å². The van der Waals surface area contributed by atoms with Gasteiger partial charge >= 0.3 is 0 Å². The molecule has 0 amide bonds. The quantitative estimate of drug-likeness (QED) is 0.894. The van der Waals surface area contributed by atoms with Crippen LogP contribution in [0.4, 0.5) is 0 Å². The second-order valence-electron chi connectivity index (χ2n) is 3.64. The van der Waals surface area contributed by atoms with Crippen LogP contribution in [0.3, 0.4) is 0 Å². The molecule has 2 heterocycles. The zero-order valence-corrected chi connectivity index (χ0v) is 9.94. The third-order valence-corrected chi connectivity index (χ3v) is 2.38. The number of aromatic nitrogens is 2. The lowest BCUT2D eigenvalue weighted by Gasteiger charge is -2.04. The monoisotopic (exact) mass is 249 g/mol. The predicted molar refractivity (Wildman–Crippen MR) is 68.2 cm³/mol. The summed E-state index contributed by atoms with van der Waals surface area (Å²) in [6, 6.07) is 6.95. The van der Waals surface area contributed by atoms with Crippen LogP contribution in [0.1, 0.15) is 5.69 Å². The first kappa shape index (κ1) is 11.8. The van der Waals surface area contributed by atoms with Gasteiger partial charge in [0, 0.05) is 30.4 Å². The summed E-state index contributed by atoms with van der Waals surface area (Å²) in [5, 5.41) is 3.58. The lowest BCUT2D eigenvalue weighted by Crippen LogP contribution is -2.20. The van der Waals surface area contributed by atoms with E-state index < -0.39 is 0 Å². The number of hydrogen-bond acceptors (Lipinski definition) is 3. The molecule has 0 aliphatic rings. The highest BCUT2D eigenvalue weighted by Crippen LogP contribution is 1.99. The van der Waals surface area contributed by atoms with Gasteiger partial charge in [-0.3, -0.25) is 9.20 Å². The van der Waals surface area contributed by atoms with E-state index in [-0.39, 0.29) is 5.56 Å². The van der Waals surface area contributed by atoms with Crippen LogP contribution in [0, 0.1) is 0 Å². The van der Waals surface area contributed by atoms with E-state index in [0.29, 0.717) is 29.5 Å². The molecule has 0 atom stereocenters. The molecular formula is C12H12ClN3O. The fourth-order valence-corrected chi connectivity index (χ4v) is 1.61. The molecule has 0 radical (unpaired) electrons. The molecule has 0 aromatic carbocycles. The van der Waals surface area contributed by atoms with Crippen molar-refractivity contribution in [2.45, 2.75) is 6.54 Å². The second-order valence-corrected chi connectivity index (χ2v) is 4.17. The van der Waals surface area contributed by atoms with Gasteiger partial charge < -0.3 is 5.32 Å². The van der Waals surface area contributed by atoms with E-state index in [0.717, 1.165) is 0 Å². The summed E-state index contributed by atoms with van der Waals surface area (Å²) < 4.78 is 1.50. The lowest BCUT2D eigenvalue weighted by atomic mass is 10.3. The molecule has 0 bridgehead atoms. The minimum absolute atomic E-state index is 0.0860. The van der Waals surface area contributed by atoms with Crippen LogP contribution < -0.4 is 10.9 Å². The Kier molecular flexibility index (Phi) is 3.56. The minimum atomic E-state index is -0.0860. The van der Waals surface area contributed by atoms with Crippen LogP contribution in [0.15, 0.2) is 46.9 Å². The smallest absolute Gasteiger partial charge is 0.258 e. The molecule has 0 saturated heterocycles. The van der Waals surface area contributed by atoms with Gasteiger partial charge in [0.2, 0.25) is 0 Å². The molecular weight excluding hydrogens is 238 g/mol. The summed E-state index contributed by atoms with van der Waals surface area (Å²) in [6.07, 6.45) is 1.70. The van der Waals surface area contributed by atoms with Crippen molar-refractivity contribution in [1.29, 1.82) is 0 Å². The molecule has 1 N–H and O–H groups in total. The number of hydrogen-bond donors (Lipinski definition) is 1. The summed E-state index contributed by atoms with van der Waals surface area (Å²) in [7, 11) is 0. The van der Waals surface area contributed by atoms with Gasteiger partial charge in [-0.05, 0) is 12.1 Å². The normalized spacial score (nSPS) is 10.6. The second kappa shape index (κ2) is 5.12. The van der Waals surface area contributed by atoms with Crippen LogP contribution in [0.2, 0.25) is 0 Å². The molecule has 17 heavy (non-hydrogen) atoms. The number of fused-ring (bicyclic) bond motifs is 1. The Balaban J connectivity index is 2.25. The summed E-state index contributed by atoms with van der Waals surface area (Å²) in [5.74, 6) is 0.